The molecule has 0 aliphatic carbocycles. The van der Waals surface area contributed by atoms with Crippen LogP contribution in [0, 0.1) is 12.7 Å². The molecule has 0 amide bonds. The molecule has 2 rings (SSSR count). The Hall–Kier alpha value is -0.970. The first-order valence-corrected chi connectivity index (χ1v) is 7.01. The molecule has 0 spiro atoms. The highest BCUT2D eigenvalue weighted by Gasteiger charge is 2.08. The van der Waals surface area contributed by atoms with Crippen LogP contribution in [0.15, 0.2) is 18.2 Å². The van der Waals surface area contributed by atoms with Gasteiger partial charge in [-0.15, -0.1) is 0 Å². The van der Waals surface area contributed by atoms with Crippen molar-refractivity contribution in [3.05, 3.63) is 35.1 Å². The molecule has 0 unspecified atom stereocenters. The number of piperazine rings is 1. The van der Waals surface area contributed by atoms with Crippen LogP contribution in [-0.4, -0.2) is 50.8 Å². The van der Waals surface area contributed by atoms with Crippen molar-refractivity contribution in [2.75, 3.05) is 45.9 Å². The zero-order chi connectivity index (χ0) is 13.5. The first-order chi connectivity index (χ1) is 9.25. The fourth-order valence-electron chi connectivity index (χ4n) is 2.28. The van der Waals surface area contributed by atoms with Gasteiger partial charge in [0.1, 0.15) is 5.82 Å². The van der Waals surface area contributed by atoms with E-state index in [0.29, 0.717) is 12.2 Å². The van der Waals surface area contributed by atoms with Gasteiger partial charge in [0.25, 0.3) is 0 Å². The topological polar surface area (TPSA) is 24.5 Å². The Morgan fingerprint density at radius 3 is 2.79 bits per heavy atom. The lowest BCUT2D eigenvalue weighted by atomic mass is 10.1. The van der Waals surface area contributed by atoms with Crippen molar-refractivity contribution in [3.8, 4) is 0 Å². The molecule has 19 heavy (non-hydrogen) atoms. The number of nitrogens with zero attached hydrogens (tertiary/aromatic N) is 1. The van der Waals surface area contributed by atoms with E-state index >= 15 is 0 Å². The van der Waals surface area contributed by atoms with Crippen LogP contribution < -0.4 is 5.32 Å². The molecular weight excluding hydrogens is 243 g/mol. The third-order valence-electron chi connectivity index (χ3n) is 3.52. The molecule has 1 aliphatic heterocycles. The number of aryl methyl sites for hydroxylation is 1. The number of halogens is 1. The Kier molecular flexibility index (Phi) is 5.76. The van der Waals surface area contributed by atoms with Crippen molar-refractivity contribution in [1.82, 2.24) is 10.2 Å². The van der Waals surface area contributed by atoms with Gasteiger partial charge in [-0.2, -0.15) is 0 Å². The number of benzene rings is 1. The lowest BCUT2D eigenvalue weighted by Gasteiger charge is -2.26. The van der Waals surface area contributed by atoms with Crippen LogP contribution in [-0.2, 0) is 11.2 Å². The summed E-state index contributed by atoms with van der Waals surface area (Å²) in [5, 5.41) is 3.33. The number of nitrogens with one attached hydrogen (secondary N) is 1. The van der Waals surface area contributed by atoms with Gasteiger partial charge in [0, 0.05) is 32.7 Å². The van der Waals surface area contributed by atoms with E-state index in [-0.39, 0.29) is 5.82 Å². The normalized spacial score (nSPS) is 16.7. The number of ether oxygens (including phenoxy) is 1. The summed E-state index contributed by atoms with van der Waals surface area (Å²) in [5.41, 5.74) is 1.85. The van der Waals surface area contributed by atoms with E-state index in [0.717, 1.165) is 51.3 Å². The predicted octanol–water partition coefficient (Wildman–Crippen LogP) is 1.60. The quantitative estimate of drug-likeness (QED) is 0.792. The highest BCUT2D eigenvalue weighted by atomic mass is 19.1. The molecule has 0 bridgehead atoms. The van der Waals surface area contributed by atoms with E-state index in [1.807, 2.05) is 12.1 Å². The number of rotatable bonds is 6. The monoisotopic (exact) mass is 266 g/mol. The fraction of sp³-hybridized carbons (Fsp3) is 0.600. The van der Waals surface area contributed by atoms with Crippen molar-refractivity contribution < 1.29 is 9.13 Å². The SMILES string of the molecule is Cc1cc(CCOCCN2CCNCC2)ccc1F. The van der Waals surface area contributed by atoms with Crippen LogP contribution >= 0.6 is 0 Å². The van der Waals surface area contributed by atoms with E-state index in [2.05, 4.69) is 10.2 Å². The molecule has 1 aromatic rings. The maximum atomic E-state index is 13.1. The second-order valence-corrected chi connectivity index (χ2v) is 5.04. The van der Waals surface area contributed by atoms with Crippen LogP contribution in [0.4, 0.5) is 4.39 Å². The van der Waals surface area contributed by atoms with Gasteiger partial charge < -0.3 is 10.1 Å². The fourth-order valence-corrected chi connectivity index (χ4v) is 2.28. The van der Waals surface area contributed by atoms with Crippen molar-refractivity contribution in [1.29, 1.82) is 0 Å². The predicted molar refractivity (Wildman–Crippen MR) is 75.0 cm³/mol. The van der Waals surface area contributed by atoms with Crippen molar-refractivity contribution >= 4 is 0 Å². The summed E-state index contributed by atoms with van der Waals surface area (Å²) in [4.78, 5) is 2.42. The second kappa shape index (κ2) is 7.58. The van der Waals surface area contributed by atoms with Crippen LogP contribution in [0.25, 0.3) is 0 Å². The van der Waals surface area contributed by atoms with E-state index in [1.165, 1.54) is 6.07 Å². The minimum Gasteiger partial charge on any atom is -0.380 e. The van der Waals surface area contributed by atoms with Crippen molar-refractivity contribution in [2.24, 2.45) is 0 Å². The van der Waals surface area contributed by atoms with Gasteiger partial charge in [0.2, 0.25) is 0 Å². The Morgan fingerprint density at radius 2 is 2.05 bits per heavy atom. The lowest BCUT2D eigenvalue weighted by Crippen LogP contribution is -2.44. The maximum absolute atomic E-state index is 13.1. The van der Waals surface area contributed by atoms with Crippen LogP contribution in [0.2, 0.25) is 0 Å². The van der Waals surface area contributed by atoms with Crippen molar-refractivity contribution in [3.63, 3.8) is 0 Å². The number of hydrogen-bond acceptors (Lipinski definition) is 3. The lowest BCUT2D eigenvalue weighted by molar-refractivity contribution is 0.101. The summed E-state index contributed by atoms with van der Waals surface area (Å²) in [6, 6.07) is 5.27. The molecule has 1 fully saturated rings. The summed E-state index contributed by atoms with van der Waals surface area (Å²) >= 11 is 0. The maximum Gasteiger partial charge on any atom is 0.126 e. The first kappa shape index (κ1) is 14.4. The van der Waals surface area contributed by atoms with Gasteiger partial charge in [0.05, 0.1) is 13.2 Å². The van der Waals surface area contributed by atoms with Crippen LogP contribution in [0.5, 0.6) is 0 Å². The molecule has 3 nitrogen and oxygen atoms in total. The summed E-state index contributed by atoms with van der Waals surface area (Å²) in [7, 11) is 0. The van der Waals surface area contributed by atoms with Crippen LogP contribution in [0.3, 0.4) is 0 Å². The third-order valence-corrected chi connectivity index (χ3v) is 3.52. The summed E-state index contributed by atoms with van der Waals surface area (Å²) < 4.78 is 18.8. The zero-order valence-corrected chi connectivity index (χ0v) is 11.6. The molecule has 0 atom stereocenters. The molecule has 0 radical (unpaired) electrons. The minimum atomic E-state index is -0.136. The Labute approximate surface area is 114 Å². The molecule has 106 valence electrons. The molecule has 1 heterocycles. The molecular formula is C15H23FN2O. The second-order valence-electron chi connectivity index (χ2n) is 5.04. The Morgan fingerprint density at radius 1 is 1.26 bits per heavy atom. The molecule has 1 N–H and O–H groups in total. The largest absolute Gasteiger partial charge is 0.380 e. The third kappa shape index (κ3) is 4.90. The zero-order valence-electron chi connectivity index (χ0n) is 11.6. The molecule has 1 aromatic carbocycles. The molecule has 0 aromatic heterocycles. The summed E-state index contributed by atoms with van der Waals surface area (Å²) in [6.07, 6.45) is 0.850. The average Bonchev–Trinajstić information content (AvgIpc) is 2.43. The van der Waals surface area contributed by atoms with Crippen molar-refractivity contribution in [2.45, 2.75) is 13.3 Å². The van der Waals surface area contributed by atoms with Gasteiger partial charge >= 0.3 is 0 Å². The van der Waals surface area contributed by atoms with E-state index < -0.39 is 0 Å². The van der Waals surface area contributed by atoms with E-state index in [9.17, 15) is 4.39 Å². The first-order valence-electron chi connectivity index (χ1n) is 7.01. The van der Waals surface area contributed by atoms with Crippen LogP contribution in [0.1, 0.15) is 11.1 Å². The summed E-state index contributed by atoms with van der Waals surface area (Å²) in [6.45, 7) is 8.66. The smallest absolute Gasteiger partial charge is 0.126 e. The molecule has 1 saturated heterocycles. The molecule has 0 saturated carbocycles. The minimum absolute atomic E-state index is 0.136. The van der Waals surface area contributed by atoms with Gasteiger partial charge in [-0.1, -0.05) is 12.1 Å². The van der Waals surface area contributed by atoms with Gasteiger partial charge in [-0.05, 0) is 30.5 Å². The molecule has 4 heteroatoms. The van der Waals surface area contributed by atoms with Gasteiger partial charge in [-0.3, -0.25) is 4.90 Å². The van der Waals surface area contributed by atoms with E-state index in [1.54, 1.807) is 6.92 Å². The Balaban J connectivity index is 1.59. The summed E-state index contributed by atoms with van der Waals surface area (Å²) in [5.74, 6) is -0.136. The average molecular weight is 266 g/mol. The number of hydrogen-bond donors (Lipinski definition) is 1. The molecule has 1 aliphatic rings. The Bertz CT molecular complexity index is 392. The standard InChI is InChI=1S/C15H23FN2O/c1-13-12-14(2-3-15(13)16)4-10-19-11-9-18-7-5-17-6-8-18/h2-3,12,17H,4-11H2,1H3. The van der Waals surface area contributed by atoms with Gasteiger partial charge in [-0.25, -0.2) is 4.39 Å². The van der Waals surface area contributed by atoms with E-state index in [4.69, 9.17) is 4.74 Å². The van der Waals surface area contributed by atoms with Gasteiger partial charge in [0.15, 0.2) is 0 Å². The highest BCUT2D eigenvalue weighted by molar-refractivity contribution is 5.23. The highest BCUT2D eigenvalue weighted by Crippen LogP contribution is 2.09.